The first-order chi connectivity index (χ1) is 8.66. The SMILES string of the molecule is Cl.O=C(CCN1CCCCC1)c1cc(Cl)ccc1Cl. The molecule has 106 valence electrons. The monoisotopic (exact) mass is 321 g/mol. The van der Waals surface area contributed by atoms with Crippen molar-refractivity contribution in [2.75, 3.05) is 19.6 Å². The maximum atomic E-state index is 12.1. The van der Waals surface area contributed by atoms with Gasteiger partial charge in [-0.25, -0.2) is 0 Å². The highest BCUT2D eigenvalue weighted by Crippen LogP contribution is 2.22. The van der Waals surface area contributed by atoms with Crippen LogP contribution in [-0.4, -0.2) is 30.3 Å². The van der Waals surface area contributed by atoms with Crippen LogP contribution in [0.15, 0.2) is 18.2 Å². The Morgan fingerprint density at radius 3 is 2.53 bits per heavy atom. The molecule has 1 saturated heterocycles. The van der Waals surface area contributed by atoms with Gasteiger partial charge in [0.05, 0.1) is 5.02 Å². The van der Waals surface area contributed by atoms with Gasteiger partial charge in [-0.05, 0) is 44.1 Å². The van der Waals surface area contributed by atoms with E-state index in [1.165, 1.54) is 19.3 Å². The van der Waals surface area contributed by atoms with Crippen LogP contribution in [0.3, 0.4) is 0 Å². The van der Waals surface area contributed by atoms with Crippen LogP contribution in [0.1, 0.15) is 36.0 Å². The molecule has 5 heteroatoms. The zero-order valence-electron chi connectivity index (χ0n) is 10.7. The fraction of sp³-hybridized carbons (Fsp3) is 0.500. The highest BCUT2D eigenvalue weighted by Gasteiger charge is 2.14. The Morgan fingerprint density at radius 1 is 1.16 bits per heavy atom. The molecular formula is C14H18Cl3NO. The lowest BCUT2D eigenvalue weighted by molar-refractivity contribution is 0.0959. The molecule has 0 saturated carbocycles. The molecule has 0 atom stereocenters. The Hall–Kier alpha value is -0.280. The van der Waals surface area contributed by atoms with Crippen molar-refractivity contribution in [2.24, 2.45) is 0 Å². The average molecular weight is 323 g/mol. The number of halogens is 3. The normalized spacial score (nSPS) is 15.9. The predicted octanol–water partition coefficient (Wildman–Crippen LogP) is 4.47. The fourth-order valence-corrected chi connectivity index (χ4v) is 2.68. The molecular weight excluding hydrogens is 305 g/mol. The van der Waals surface area contributed by atoms with Gasteiger partial charge in [0.25, 0.3) is 0 Å². The molecule has 2 nitrogen and oxygen atoms in total. The first-order valence-electron chi connectivity index (χ1n) is 6.37. The molecule has 1 fully saturated rings. The molecule has 0 bridgehead atoms. The van der Waals surface area contributed by atoms with E-state index >= 15 is 0 Å². The third kappa shape index (κ3) is 4.96. The lowest BCUT2D eigenvalue weighted by Crippen LogP contribution is -2.31. The second kappa shape index (κ2) is 8.11. The maximum absolute atomic E-state index is 12.1. The van der Waals surface area contributed by atoms with Crippen molar-refractivity contribution in [2.45, 2.75) is 25.7 Å². The molecule has 1 aliphatic rings. The molecule has 0 amide bonds. The zero-order chi connectivity index (χ0) is 13.0. The number of likely N-dealkylation sites (tertiary alicyclic amines) is 1. The highest BCUT2D eigenvalue weighted by atomic mass is 35.5. The first kappa shape index (κ1) is 16.8. The summed E-state index contributed by atoms with van der Waals surface area (Å²) in [6.07, 6.45) is 4.31. The number of nitrogens with zero attached hydrogens (tertiary/aromatic N) is 1. The van der Waals surface area contributed by atoms with Gasteiger partial charge in [0.1, 0.15) is 0 Å². The smallest absolute Gasteiger partial charge is 0.165 e. The Labute approximate surface area is 130 Å². The fourth-order valence-electron chi connectivity index (χ4n) is 2.29. The summed E-state index contributed by atoms with van der Waals surface area (Å²) in [5.74, 6) is 0.0769. The van der Waals surface area contributed by atoms with Gasteiger partial charge >= 0.3 is 0 Å². The van der Waals surface area contributed by atoms with Crippen molar-refractivity contribution in [3.8, 4) is 0 Å². The number of carbonyl (C=O) groups is 1. The number of piperidine rings is 1. The Balaban J connectivity index is 0.00000180. The maximum Gasteiger partial charge on any atom is 0.165 e. The lowest BCUT2D eigenvalue weighted by atomic mass is 10.1. The third-order valence-corrected chi connectivity index (χ3v) is 3.90. The van der Waals surface area contributed by atoms with Crippen molar-refractivity contribution in [1.29, 1.82) is 0 Å². The summed E-state index contributed by atoms with van der Waals surface area (Å²) in [5.41, 5.74) is 0.543. The molecule has 0 radical (unpaired) electrons. The van der Waals surface area contributed by atoms with Gasteiger partial charge in [-0.15, -0.1) is 12.4 Å². The van der Waals surface area contributed by atoms with E-state index in [1.807, 2.05) is 0 Å². The van der Waals surface area contributed by atoms with E-state index in [1.54, 1.807) is 18.2 Å². The third-order valence-electron chi connectivity index (χ3n) is 3.33. The Kier molecular flexibility index (Phi) is 7.16. The summed E-state index contributed by atoms with van der Waals surface area (Å²) in [7, 11) is 0. The largest absolute Gasteiger partial charge is 0.303 e. The molecule has 1 aromatic rings. The van der Waals surface area contributed by atoms with Gasteiger partial charge in [0.15, 0.2) is 5.78 Å². The molecule has 19 heavy (non-hydrogen) atoms. The summed E-state index contributed by atoms with van der Waals surface area (Å²) in [5, 5.41) is 1.05. The zero-order valence-corrected chi connectivity index (χ0v) is 13.0. The summed E-state index contributed by atoms with van der Waals surface area (Å²) in [6, 6.07) is 5.03. The van der Waals surface area contributed by atoms with E-state index in [2.05, 4.69) is 4.90 Å². The summed E-state index contributed by atoms with van der Waals surface area (Å²) in [4.78, 5) is 14.4. The minimum absolute atomic E-state index is 0. The number of ketones is 1. The summed E-state index contributed by atoms with van der Waals surface area (Å²) < 4.78 is 0. The summed E-state index contributed by atoms with van der Waals surface area (Å²) >= 11 is 11.9. The van der Waals surface area contributed by atoms with E-state index in [-0.39, 0.29) is 18.2 Å². The quantitative estimate of drug-likeness (QED) is 0.762. The van der Waals surface area contributed by atoms with Crippen LogP contribution in [0.2, 0.25) is 10.0 Å². The minimum atomic E-state index is 0. The van der Waals surface area contributed by atoms with E-state index < -0.39 is 0 Å². The molecule has 0 N–H and O–H groups in total. The van der Waals surface area contributed by atoms with E-state index in [0.29, 0.717) is 22.0 Å². The van der Waals surface area contributed by atoms with Gasteiger partial charge in [-0.3, -0.25) is 4.79 Å². The van der Waals surface area contributed by atoms with Gasteiger partial charge in [-0.1, -0.05) is 29.6 Å². The van der Waals surface area contributed by atoms with Gasteiger partial charge in [0, 0.05) is 23.6 Å². The molecule has 0 spiro atoms. The number of Topliss-reactive ketones (excluding diaryl/α,β-unsaturated/α-hetero) is 1. The molecule has 0 aliphatic carbocycles. The predicted molar refractivity (Wildman–Crippen MR) is 82.9 cm³/mol. The molecule has 1 aromatic carbocycles. The van der Waals surface area contributed by atoms with Crippen LogP contribution in [0.5, 0.6) is 0 Å². The number of benzene rings is 1. The van der Waals surface area contributed by atoms with Gasteiger partial charge < -0.3 is 4.90 Å². The first-order valence-corrected chi connectivity index (χ1v) is 7.13. The Bertz CT molecular complexity index is 431. The molecule has 1 aliphatic heterocycles. The number of rotatable bonds is 4. The van der Waals surface area contributed by atoms with E-state index in [0.717, 1.165) is 19.6 Å². The summed E-state index contributed by atoms with van der Waals surface area (Å²) in [6.45, 7) is 3.04. The van der Waals surface area contributed by atoms with Crippen LogP contribution in [0.4, 0.5) is 0 Å². The average Bonchev–Trinajstić information content (AvgIpc) is 2.40. The van der Waals surface area contributed by atoms with Crippen LogP contribution >= 0.6 is 35.6 Å². The molecule has 1 heterocycles. The minimum Gasteiger partial charge on any atom is -0.303 e. The molecule has 0 aromatic heterocycles. The van der Waals surface area contributed by atoms with E-state index in [9.17, 15) is 4.79 Å². The number of hydrogen-bond acceptors (Lipinski definition) is 2. The lowest BCUT2D eigenvalue weighted by Gasteiger charge is -2.25. The number of carbonyl (C=O) groups excluding carboxylic acids is 1. The van der Waals surface area contributed by atoms with E-state index in [4.69, 9.17) is 23.2 Å². The topological polar surface area (TPSA) is 20.3 Å². The van der Waals surface area contributed by atoms with Crippen molar-refractivity contribution in [3.63, 3.8) is 0 Å². The van der Waals surface area contributed by atoms with Crippen LogP contribution < -0.4 is 0 Å². The van der Waals surface area contributed by atoms with Crippen LogP contribution in [0, 0.1) is 0 Å². The van der Waals surface area contributed by atoms with Crippen LogP contribution in [-0.2, 0) is 0 Å². The van der Waals surface area contributed by atoms with Crippen LogP contribution in [0.25, 0.3) is 0 Å². The van der Waals surface area contributed by atoms with Crippen molar-refractivity contribution in [1.82, 2.24) is 4.90 Å². The Morgan fingerprint density at radius 2 is 1.84 bits per heavy atom. The van der Waals surface area contributed by atoms with Crippen molar-refractivity contribution < 1.29 is 4.79 Å². The highest BCUT2D eigenvalue weighted by molar-refractivity contribution is 6.35. The second-order valence-corrected chi connectivity index (χ2v) is 5.54. The standard InChI is InChI=1S/C14H17Cl2NO.ClH/c15-11-4-5-13(16)12(10-11)14(18)6-9-17-7-2-1-3-8-17;/h4-5,10H,1-3,6-9H2;1H. The number of hydrogen-bond donors (Lipinski definition) is 0. The van der Waals surface area contributed by atoms with Crippen molar-refractivity contribution >= 4 is 41.4 Å². The van der Waals surface area contributed by atoms with Gasteiger partial charge in [-0.2, -0.15) is 0 Å². The van der Waals surface area contributed by atoms with Crippen molar-refractivity contribution in [3.05, 3.63) is 33.8 Å². The van der Waals surface area contributed by atoms with Gasteiger partial charge in [0.2, 0.25) is 0 Å². The molecule has 2 rings (SSSR count). The second-order valence-electron chi connectivity index (χ2n) is 4.70. The molecule has 0 unspecified atom stereocenters.